The largest absolute Gasteiger partial charge is 0.322 e. The Labute approximate surface area is 56.5 Å². The molecule has 2 N–H and O–H groups in total. The van der Waals surface area contributed by atoms with Crippen molar-refractivity contribution >= 4 is 6.21 Å². The molecular weight excluding hydrogens is 112 g/mol. The Bertz CT molecular complexity index is 117. The van der Waals surface area contributed by atoms with Crippen LogP contribution in [0.5, 0.6) is 0 Å². The van der Waals surface area contributed by atoms with Gasteiger partial charge in [-0.1, -0.05) is 0 Å². The van der Waals surface area contributed by atoms with Crippen LogP contribution < -0.4 is 5.73 Å². The quantitative estimate of drug-likeness (QED) is 0.557. The minimum atomic E-state index is -0.244. The molecule has 0 aromatic rings. The molecule has 0 aromatic carbocycles. The normalized spacial score (nSPS) is 13.8. The fourth-order valence-electron chi connectivity index (χ4n) is 0.321. The molecule has 0 amide bonds. The fourth-order valence-corrected chi connectivity index (χ4v) is 0.321. The average Bonchev–Trinajstić information content (AvgIpc) is 1.63. The van der Waals surface area contributed by atoms with Crippen molar-refractivity contribution in [1.29, 1.82) is 0 Å². The van der Waals surface area contributed by atoms with E-state index in [-0.39, 0.29) is 5.54 Å². The van der Waals surface area contributed by atoms with E-state index in [0.29, 0.717) is 0 Å². The zero-order chi connectivity index (χ0) is 7.33. The van der Waals surface area contributed by atoms with Gasteiger partial charge in [0, 0.05) is 18.0 Å². The minimum absolute atomic E-state index is 0.244. The van der Waals surface area contributed by atoms with E-state index in [9.17, 15) is 0 Å². The first-order chi connectivity index (χ1) is 4.06. The SMILES string of the molecule is C/C=N\C=C/C(C)(C)N. The van der Waals surface area contributed by atoms with Gasteiger partial charge in [0.2, 0.25) is 0 Å². The van der Waals surface area contributed by atoms with Crippen molar-refractivity contribution in [2.24, 2.45) is 10.7 Å². The van der Waals surface area contributed by atoms with Crippen LogP contribution in [0.4, 0.5) is 0 Å². The Morgan fingerprint density at radius 3 is 2.33 bits per heavy atom. The lowest BCUT2D eigenvalue weighted by Gasteiger charge is -2.09. The third-order valence-corrected chi connectivity index (χ3v) is 0.739. The van der Waals surface area contributed by atoms with Crippen LogP contribution in [0, 0.1) is 0 Å². The maximum atomic E-state index is 5.62. The molecule has 0 unspecified atom stereocenters. The summed E-state index contributed by atoms with van der Waals surface area (Å²) >= 11 is 0. The van der Waals surface area contributed by atoms with Crippen molar-refractivity contribution in [3.8, 4) is 0 Å². The van der Waals surface area contributed by atoms with Crippen molar-refractivity contribution in [2.75, 3.05) is 0 Å². The van der Waals surface area contributed by atoms with E-state index in [2.05, 4.69) is 4.99 Å². The van der Waals surface area contributed by atoms with Gasteiger partial charge in [0.1, 0.15) is 0 Å². The average molecular weight is 126 g/mol. The van der Waals surface area contributed by atoms with Gasteiger partial charge in [-0.2, -0.15) is 0 Å². The van der Waals surface area contributed by atoms with Crippen molar-refractivity contribution in [2.45, 2.75) is 26.3 Å². The lowest BCUT2D eigenvalue weighted by molar-refractivity contribution is 0.653. The lowest BCUT2D eigenvalue weighted by atomic mass is 10.1. The van der Waals surface area contributed by atoms with Crippen LogP contribution in [0.1, 0.15) is 20.8 Å². The molecular formula is C7H14N2. The molecule has 2 heteroatoms. The van der Waals surface area contributed by atoms with E-state index >= 15 is 0 Å². The molecule has 0 fully saturated rings. The molecule has 0 atom stereocenters. The molecule has 0 rings (SSSR count). The highest BCUT2D eigenvalue weighted by Crippen LogP contribution is 1.97. The third-order valence-electron chi connectivity index (χ3n) is 0.739. The van der Waals surface area contributed by atoms with Gasteiger partial charge < -0.3 is 5.73 Å². The number of nitrogens with two attached hydrogens (primary N) is 1. The predicted molar refractivity (Wildman–Crippen MR) is 41.6 cm³/mol. The number of nitrogens with zero attached hydrogens (tertiary/aromatic N) is 1. The summed E-state index contributed by atoms with van der Waals surface area (Å²) in [6.07, 6.45) is 5.29. The number of hydrogen-bond acceptors (Lipinski definition) is 2. The summed E-state index contributed by atoms with van der Waals surface area (Å²) in [5.41, 5.74) is 5.37. The Balaban J connectivity index is 3.71. The maximum absolute atomic E-state index is 5.62. The molecule has 0 spiro atoms. The molecule has 0 radical (unpaired) electrons. The summed E-state index contributed by atoms with van der Waals surface area (Å²) in [7, 11) is 0. The van der Waals surface area contributed by atoms with Gasteiger partial charge in [-0.3, -0.25) is 4.99 Å². The van der Waals surface area contributed by atoms with Gasteiger partial charge >= 0.3 is 0 Å². The molecule has 9 heavy (non-hydrogen) atoms. The first-order valence-electron chi connectivity index (χ1n) is 3.00. The van der Waals surface area contributed by atoms with Gasteiger partial charge in [0.05, 0.1) is 0 Å². The van der Waals surface area contributed by atoms with E-state index in [4.69, 9.17) is 5.73 Å². The standard InChI is InChI=1S/C7H14N2/c1-4-9-6-5-7(2,3)8/h4-6H,8H2,1-3H3/b6-5-,9-4-. The molecule has 0 bridgehead atoms. The molecule has 0 aromatic heterocycles. The molecule has 52 valence electrons. The van der Waals surface area contributed by atoms with Crippen LogP contribution in [0.2, 0.25) is 0 Å². The Morgan fingerprint density at radius 1 is 1.44 bits per heavy atom. The number of hydrogen-bond donors (Lipinski definition) is 1. The third kappa shape index (κ3) is 7.37. The van der Waals surface area contributed by atoms with E-state index in [1.807, 2.05) is 26.8 Å². The second kappa shape index (κ2) is 3.41. The van der Waals surface area contributed by atoms with E-state index in [1.165, 1.54) is 0 Å². The van der Waals surface area contributed by atoms with Crippen LogP contribution in [-0.2, 0) is 0 Å². The number of rotatable bonds is 2. The van der Waals surface area contributed by atoms with Crippen molar-refractivity contribution < 1.29 is 0 Å². The second-order valence-electron chi connectivity index (χ2n) is 2.54. The van der Waals surface area contributed by atoms with Gasteiger partial charge in [0.25, 0.3) is 0 Å². The second-order valence-corrected chi connectivity index (χ2v) is 2.54. The monoisotopic (exact) mass is 126 g/mol. The van der Waals surface area contributed by atoms with Crippen LogP contribution in [0.25, 0.3) is 0 Å². The van der Waals surface area contributed by atoms with Gasteiger partial charge in [-0.15, -0.1) is 0 Å². The zero-order valence-corrected chi connectivity index (χ0v) is 6.26. The highest BCUT2D eigenvalue weighted by Gasteiger charge is 2.02. The molecule has 0 aliphatic rings. The maximum Gasteiger partial charge on any atom is 0.0299 e. The van der Waals surface area contributed by atoms with Crippen molar-refractivity contribution in [3.63, 3.8) is 0 Å². The topological polar surface area (TPSA) is 38.4 Å². The van der Waals surface area contributed by atoms with Crippen molar-refractivity contribution in [1.82, 2.24) is 0 Å². The molecule has 0 saturated carbocycles. The smallest absolute Gasteiger partial charge is 0.0299 e. The predicted octanol–water partition coefficient (Wildman–Crippen LogP) is 1.33. The van der Waals surface area contributed by atoms with Gasteiger partial charge in [0.15, 0.2) is 0 Å². The molecule has 0 aliphatic heterocycles. The van der Waals surface area contributed by atoms with Crippen LogP contribution in [-0.4, -0.2) is 11.8 Å². The summed E-state index contributed by atoms with van der Waals surface area (Å²) in [4.78, 5) is 3.87. The summed E-state index contributed by atoms with van der Waals surface area (Å²) < 4.78 is 0. The highest BCUT2D eigenvalue weighted by molar-refractivity contribution is 5.54. The summed E-state index contributed by atoms with van der Waals surface area (Å²) in [6, 6.07) is 0. The van der Waals surface area contributed by atoms with E-state index in [0.717, 1.165) is 0 Å². The van der Waals surface area contributed by atoms with Crippen LogP contribution in [0.3, 0.4) is 0 Å². The Hall–Kier alpha value is -0.630. The fraction of sp³-hybridized carbons (Fsp3) is 0.571. The van der Waals surface area contributed by atoms with Crippen molar-refractivity contribution in [3.05, 3.63) is 12.3 Å². The number of aliphatic imine (C=N–C) groups is 1. The molecule has 0 aliphatic carbocycles. The van der Waals surface area contributed by atoms with E-state index < -0.39 is 0 Å². The zero-order valence-electron chi connectivity index (χ0n) is 6.26. The Morgan fingerprint density at radius 2 is 2.00 bits per heavy atom. The highest BCUT2D eigenvalue weighted by atomic mass is 14.7. The summed E-state index contributed by atoms with van der Waals surface area (Å²) in [5, 5.41) is 0. The summed E-state index contributed by atoms with van der Waals surface area (Å²) in [5.74, 6) is 0. The van der Waals surface area contributed by atoms with Gasteiger partial charge in [-0.05, 0) is 26.8 Å². The van der Waals surface area contributed by atoms with Crippen LogP contribution >= 0.6 is 0 Å². The minimum Gasteiger partial charge on any atom is -0.322 e. The Kier molecular flexibility index (Phi) is 3.17. The van der Waals surface area contributed by atoms with Gasteiger partial charge in [-0.25, -0.2) is 0 Å². The first kappa shape index (κ1) is 8.37. The molecule has 2 nitrogen and oxygen atoms in total. The molecule has 0 saturated heterocycles. The van der Waals surface area contributed by atoms with Crippen LogP contribution in [0.15, 0.2) is 17.3 Å². The molecule has 0 heterocycles. The lowest BCUT2D eigenvalue weighted by Crippen LogP contribution is -2.28. The summed E-state index contributed by atoms with van der Waals surface area (Å²) in [6.45, 7) is 5.72. The first-order valence-corrected chi connectivity index (χ1v) is 3.00. The van der Waals surface area contributed by atoms with E-state index in [1.54, 1.807) is 12.4 Å².